The molecule has 0 saturated heterocycles. The minimum atomic E-state index is -0.898. The van der Waals surface area contributed by atoms with Crippen LogP contribution in [0, 0.1) is 0 Å². The number of ether oxygens (including phenoxy) is 1. The maximum atomic E-state index is 11.8. The smallest absolute Gasteiger partial charge is 0.329 e. The van der Waals surface area contributed by atoms with E-state index in [1.54, 1.807) is 36.4 Å². The maximum Gasteiger partial charge on any atom is 0.329 e. The highest BCUT2D eigenvalue weighted by Crippen LogP contribution is 2.16. The molecule has 7 nitrogen and oxygen atoms in total. The zero-order valence-electron chi connectivity index (χ0n) is 14.4. The number of benzene rings is 2. The molecule has 2 rings (SSSR count). The Morgan fingerprint density at radius 1 is 1.15 bits per heavy atom. The van der Waals surface area contributed by atoms with E-state index in [4.69, 9.17) is 4.74 Å². The van der Waals surface area contributed by atoms with Gasteiger partial charge in [-0.1, -0.05) is 25.5 Å². The molecule has 0 spiro atoms. The van der Waals surface area contributed by atoms with E-state index in [1.807, 2.05) is 0 Å². The fourth-order valence-electron chi connectivity index (χ4n) is 1.98. The van der Waals surface area contributed by atoms with Crippen LogP contribution in [0.3, 0.4) is 0 Å². The summed E-state index contributed by atoms with van der Waals surface area (Å²) in [4.78, 5) is 23.6. The van der Waals surface area contributed by atoms with E-state index in [1.165, 1.54) is 18.3 Å². The molecule has 2 amide bonds. The molecule has 7 heteroatoms. The first-order valence-corrected chi connectivity index (χ1v) is 8.24. The van der Waals surface area contributed by atoms with Crippen LogP contribution in [0.25, 0.3) is 0 Å². The number of hydrazone groups is 1. The molecule has 136 valence electrons. The summed E-state index contributed by atoms with van der Waals surface area (Å²) in [6.07, 6.45) is 3.35. The Morgan fingerprint density at radius 2 is 1.92 bits per heavy atom. The number of rotatable bonds is 7. The molecule has 0 aliphatic heterocycles. The van der Waals surface area contributed by atoms with Gasteiger partial charge in [-0.3, -0.25) is 9.59 Å². The second kappa shape index (κ2) is 9.83. The molecule has 0 bridgehead atoms. The van der Waals surface area contributed by atoms with Crippen molar-refractivity contribution < 1.29 is 19.4 Å². The number of nitrogens with one attached hydrogen (secondary N) is 2. The minimum absolute atomic E-state index is 0.0835. The number of unbranched alkanes of at least 4 members (excludes halogenated alkanes) is 1. The quantitative estimate of drug-likeness (QED) is 0.308. The number of aromatic hydroxyl groups is 1. The predicted octanol–water partition coefficient (Wildman–Crippen LogP) is 2.66. The van der Waals surface area contributed by atoms with Gasteiger partial charge < -0.3 is 15.2 Å². The molecule has 0 atom stereocenters. The van der Waals surface area contributed by atoms with Crippen LogP contribution in [-0.4, -0.2) is 29.7 Å². The van der Waals surface area contributed by atoms with Crippen LogP contribution >= 0.6 is 0 Å². The summed E-state index contributed by atoms with van der Waals surface area (Å²) in [6, 6.07) is 13.1. The molecule has 0 heterocycles. The van der Waals surface area contributed by atoms with Crippen molar-refractivity contribution in [2.75, 3.05) is 11.9 Å². The number of nitrogens with zero attached hydrogens (tertiary/aromatic N) is 1. The number of phenols is 1. The monoisotopic (exact) mass is 355 g/mol. The zero-order valence-corrected chi connectivity index (χ0v) is 14.4. The van der Waals surface area contributed by atoms with E-state index >= 15 is 0 Å². The Morgan fingerprint density at radius 3 is 2.62 bits per heavy atom. The van der Waals surface area contributed by atoms with Gasteiger partial charge in [-0.2, -0.15) is 5.10 Å². The van der Waals surface area contributed by atoms with Gasteiger partial charge in [0.2, 0.25) is 0 Å². The third-order valence-corrected chi connectivity index (χ3v) is 3.33. The Bertz CT molecular complexity index is 773. The van der Waals surface area contributed by atoms with Gasteiger partial charge in [0.25, 0.3) is 0 Å². The van der Waals surface area contributed by atoms with Crippen molar-refractivity contribution in [2.45, 2.75) is 19.8 Å². The van der Waals surface area contributed by atoms with Gasteiger partial charge in [-0.25, -0.2) is 5.43 Å². The largest absolute Gasteiger partial charge is 0.508 e. The number of carbonyl (C=O) groups excluding carboxylic acids is 2. The first-order valence-electron chi connectivity index (χ1n) is 8.24. The number of carbonyl (C=O) groups is 2. The Labute approximate surface area is 151 Å². The third kappa shape index (κ3) is 6.27. The van der Waals surface area contributed by atoms with E-state index < -0.39 is 11.8 Å². The average Bonchev–Trinajstić information content (AvgIpc) is 2.63. The lowest BCUT2D eigenvalue weighted by Gasteiger charge is -2.07. The molecule has 2 aromatic carbocycles. The topological polar surface area (TPSA) is 100 Å². The summed E-state index contributed by atoms with van der Waals surface area (Å²) >= 11 is 0. The summed E-state index contributed by atoms with van der Waals surface area (Å²) in [5, 5.41) is 15.5. The van der Waals surface area contributed by atoms with Crippen LogP contribution in [-0.2, 0) is 9.59 Å². The Kier molecular flexibility index (Phi) is 7.17. The number of amides is 2. The molecule has 0 unspecified atom stereocenters. The van der Waals surface area contributed by atoms with Crippen molar-refractivity contribution in [1.29, 1.82) is 0 Å². The maximum absolute atomic E-state index is 11.8. The lowest BCUT2D eigenvalue weighted by molar-refractivity contribution is -0.136. The third-order valence-electron chi connectivity index (χ3n) is 3.33. The lowest BCUT2D eigenvalue weighted by atomic mass is 10.2. The van der Waals surface area contributed by atoms with Crippen molar-refractivity contribution in [3.8, 4) is 11.5 Å². The van der Waals surface area contributed by atoms with Crippen molar-refractivity contribution in [1.82, 2.24) is 5.43 Å². The molecule has 0 aliphatic carbocycles. The van der Waals surface area contributed by atoms with Crippen LogP contribution in [0.2, 0.25) is 0 Å². The van der Waals surface area contributed by atoms with Gasteiger partial charge >= 0.3 is 11.8 Å². The molecular formula is C19H21N3O4. The summed E-state index contributed by atoms with van der Waals surface area (Å²) in [7, 11) is 0. The molecule has 26 heavy (non-hydrogen) atoms. The second-order valence-corrected chi connectivity index (χ2v) is 5.47. The van der Waals surface area contributed by atoms with Crippen LogP contribution < -0.4 is 15.5 Å². The van der Waals surface area contributed by atoms with Gasteiger partial charge in [-0.15, -0.1) is 0 Å². The van der Waals surface area contributed by atoms with Crippen molar-refractivity contribution in [2.24, 2.45) is 5.10 Å². The van der Waals surface area contributed by atoms with Crippen LogP contribution in [0.1, 0.15) is 25.3 Å². The summed E-state index contributed by atoms with van der Waals surface area (Å²) < 4.78 is 5.53. The Balaban J connectivity index is 1.82. The first-order chi connectivity index (χ1) is 12.6. The highest BCUT2D eigenvalue weighted by molar-refractivity contribution is 6.39. The molecular weight excluding hydrogens is 334 g/mol. The van der Waals surface area contributed by atoms with Crippen molar-refractivity contribution in [3.63, 3.8) is 0 Å². The highest BCUT2D eigenvalue weighted by atomic mass is 16.5. The average molecular weight is 355 g/mol. The number of anilines is 1. The fraction of sp³-hybridized carbons (Fsp3) is 0.211. The first kappa shape index (κ1) is 19.0. The summed E-state index contributed by atoms with van der Waals surface area (Å²) in [6.45, 7) is 2.72. The van der Waals surface area contributed by atoms with Gasteiger partial charge in [0.1, 0.15) is 11.5 Å². The van der Waals surface area contributed by atoms with Gasteiger partial charge in [0, 0.05) is 5.69 Å². The van der Waals surface area contributed by atoms with Crippen molar-refractivity contribution >= 4 is 23.7 Å². The van der Waals surface area contributed by atoms with E-state index in [-0.39, 0.29) is 5.75 Å². The number of hydrogen-bond acceptors (Lipinski definition) is 5. The predicted molar refractivity (Wildman–Crippen MR) is 99.3 cm³/mol. The van der Waals surface area contributed by atoms with E-state index in [0.29, 0.717) is 23.6 Å². The number of hydrogen-bond donors (Lipinski definition) is 3. The summed E-state index contributed by atoms with van der Waals surface area (Å²) in [5.74, 6) is -0.945. The molecule has 0 fully saturated rings. The van der Waals surface area contributed by atoms with Gasteiger partial charge in [-0.05, 0) is 48.4 Å². The molecule has 2 aromatic rings. The normalized spacial score (nSPS) is 10.5. The molecule has 0 aliphatic rings. The van der Waals surface area contributed by atoms with Gasteiger partial charge in [0.15, 0.2) is 0 Å². The SMILES string of the molecule is CCCCOc1ccc(NC(=O)C(=O)N/N=C\c2cccc(O)c2)cc1. The van der Waals surface area contributed by atoms with E-state index in [0.717, 1.165) is 12.8 Å². The second-order valence-electron chi connectivity index (χ2n) is 5.47. The lowest BCUT2D eigenvalue weighted by Crippen LogP contribution is -2.32. The molecule has 3 N–H and O–H groups in total. The van der Waals surface area contributed by atoms with E-state index in [9.17, 15) is 14.7 Å². The van der Waals surface area contributed by atoms with Crippen LogP contribution in [0.4, 0.5) is 5.69 Å². The fourth-order valence-corrected chi connectivity index (χ4v) is 1.98. The zero-order chi connectivity index (χ0) is 18.8. The standard InChI is InChI=1S/C19H21N3O4/c1-2-3-11-26-17-9-7-15(8-10-17)21-18(24)19(25)22-20-13-14-5-4-6-16(23)12-14/h4-10,12-13,23H,2-3,11H2,1H3,(H,21,24)(H,22,25)/b20-13-. The minimum Gasteiger partial charge on any atom is -0.508 e. The molecule has 0 radical (unpaired) electrons. The van der Waals surface area contributed by atoms with Crippen molar-refractivity contribution in [3.05, 3.63) is 54.1 Å². The summed E-state index contributed by atoms with van der Waals surface area (Å²) in [5.41, 5.74) is 3.19. The number of phenolic OH excluding ortho intramolecular Hbond substituents is 1. The van der Waals surface area contributed by atoms with E-state index in [2.05, 4.69) is 22.8 Å². The van der Waals surface area contributed by atoms with Crippen LogP contribution in [0.5, 0.6) is 11.5 Å². The van der Waals surface area contributed by atoms with Crippen LogP contribution in [0.15, 0.2) is 53.6 Å². The van der Waals surface area contributed by atoms with Gasteiger partial charge in [0.05, 0.1) is 12.8 Å². The Hall–Kier alpha value is -3.35. The molecule has 0 aromatic heterocycles. The highest BCUT2D eigenvalue weighted by Gasteiger charge is 2.12. The molecule has 0 saturated carbocycles.